The van der Waals surface area contributed by atoms with Crippen molar-refractivity contribution in [3.8, 4) is 5.75 Å². The van der Waals surface area contributed by atoms with Crippen LogP contribution in [0.5, 0.6) is 5.75 Å². The molecule has 4 nitrogen and oxygen atoms in total. The van der Waals surface area contributed by atoms with E-state index in [1.807, 2.05) is 32.0 Å². The molecule has 0 heterocycles. The first-order valence-electron chi connectivity index (χ1n) is 8.55. The van der Waals surface area contributed by atoms with Gasteiger partial charge in [0.1, 0.15) is 0 Å². The molecule has 2 rings (SSSR count). The van der Waals surface area contributed by atoms with Gasteiger partial charge in [-0.3, -0.25) is 4.79 Å². The van der Waals surface area contributed by atoms with Crippen LogP contribution in [0, 0.1) is 19.7 Å². The van der Waals surface area contributed by atoms with Crippen LogP contribution in [0.2, 0.25) is 0 Å². The second-order valence-corrected chi connectivity index (χ2v) is 6.54. The van der Waals surface area contributed by atoms with E-state index in [0.29, 0.717) is 5.56 Å². The van der Waals surface area contributed by atoms with Gasteiger partial charge < -0.3 is 15.2 Å². The third-order valence-corrected chi connectivity index (χ3v) is 4.25. The van der Waals surface area contributed by atoms with Crippen molar-refractivity contribution >= 4 is 5.97 Å². The summed E-state index contributed by atoms with van der Waals surface area (Å²) in [6, 6.07) is 8.74. The van der Waals surface area contributed by atoms with Gasteiger partial charge in [0, 0.05) is 12.6 Å². The summed E-state index contributed by atoms with van der Waals surface area (Å²) >= 11 is 0. The lowest BCUT2D eigenvalue weighted by atomic mass is 9.98. The van der Waals surface area contributed by atoms with Crippen LogP contribution in [-0.4, -0.2) is 23.9 Å². The van der Waals surface area contributed by atoms with Gasteiger partial charge in [0.05, 0.1) is 6.42 Å². The Morgan fingerprint density at radius 1 is 1.14 bits per heavy atom. The zero-order valence-electron chi connectivity index (χ0n) is 15.4. The zero-order chi connectivity index (χ0) is 20.9. The third-order valence-electron chi connectivity index (χ3n) is 4.25. The molecular weight excluding hydrogens is 378 g/mol. The largest absolute Gasteiger partial charge is 0.481 e. The summed E-state index contributed by atoms with van der Waals surface area (Å²) in [4.78, 5) is 11.2. The first-order valence-corrected chi connectivity index (χ1v) is 8.55. The number of nitrogens with one attached hydrogen (secondary N) is 1. The van der Waals surface area contributed by atoms with Crippen LogP contribution in [0.4, 0.5) is 17.6 Å². The number of hydrogen-bond donors (Lipinski definition) is 2. The minimum Gasteiger partial charge on any atom is -0.481 e. The van der Waals surface area contributed by atoms with Crippen LogP contribution in [0.1, 0.15) is 34.7 Å². The molecule has 1 unspecified atom stereocenters. The fraction of sp³-hybridized carbons (Fsp3) is 0.350. The minimum atomic E-state index is -4.55. The lowest BCUT2D eigenvalue weighted by Gasteiger charge is -2.19. The number of aryl methyl sites for hydroxylation is 2. The van der Waals surface area contributed by atoms with Crippen molar-refractivity contribution in [3.05, 3.63) is 64.5 Å². The van der Waals surface area contributed by atoms with E-state index in [2.05, 4.69) is 10.1 Å². The maximum absolute atomic E-state index is 14.0. The van der Waals surface area contributed by atoms with E-state index in [9.17, 15) is 22.4 Å². The number of hydrogen-bond acceptors (Lipinski definition) is 3. The molecule has 1 atom stereocenters. The highest BCUT2D eigenvalue weighted by atomic mass is 19.4. The van der Waals surface area contributed by atoms with E-state index in [-0.39, 0.29) is 13.0 Å². The molecule has 2 aromatic carbocycles. The molecule has 0 amide bonds. The molecule has 8 heteroatoms. The summed E-state index contributed by atoms with van der Waals surface area (Å²) in [6.45, 7) is 2.44. The van der Waals surface area contributed by atoms with Crippen molar-refractivity contribution in [2.24, 2.45) is 0 Å². The average molecular weight is 399 g/mol. The first kappa shape index (κ1) is 21.7. The second kappa shape index (κ2) is 9.05. The predicted molar refractivity (Wildman–Crippen MR) is 95.7 cm³/mol. The van der Waals surface area contributed by atoms with Gasteiger partial charge in [-0.1, -0.05) is 24.3 Å². The van der Waals surface area contributed by atoms with Crippen molar-refractivity contribution in [2.45, 2.75) is 39.0 Å². The molecule has 0 saturated carbocycles. The van der Waals surface area contributed by atoms with E-state index in [4.69, 9.17) is 5.11 Å². The van der Waals surface area contributed by atoms with Gasteiger partial charge in [0.25, 0.3) is 0 Å². The molecule has 152 valence electrons. The molecule has 0 aliphatic heterocycles. The van der Waals surface area contributed by atoms with Crippen LogP contribution in [0.3, 0.4) is 0 Å². The molecule has 0 aliphatic rings. The number of halogens is 4. The average Bonchev–Trinajstić information content (AvgIpc) is 2.59. The monoisotopic (exact) mass is 399 g/mol. The number of carboxylic acid groups (broad SMARTS) is 1. The number of rotatable bonds is 8. The Bertz CT molecular complexity index is 837. The molecule has 0 spiro atoms. The van der Waals surface area contributed by atoms with Crippen LogP contribution in [0.25, 0.3) is 0 Å². The van der Waals surface area contributed by atoms with Crippen LogP contribution < -0.4 is 10.1 Å². The van der Waals surface area contributed by atoms with E-state index in [0.717, 1.165) is 28.8 Å². The van der Waals surface area contributed by atoms with E-state index < -0.39 is 36.4 Å². The topological polar surface area (TPSA) is 58.6 Å². The van der Waals surface area contributed by atoms with Gasteiger partial charge >= 0.3 is 12.1 Å². The van der Waals surface area contributed by atoms with Crippen molar-refractivity contribution in [1.29, 1.82) is 0 Å². The smallest absolute Gasteiger partial charge is 0.422 e. The van der Waals surface area contributed by atoms with E-state index in [1.165, 1.54) is 6.07 Å². The molecule has 2 N–H and O–H groups in total. The molecular formula is C20H21F4NO3. The van der Waals surface area contributed by atoms with Gasteiger partial charge in [0.2, 0.25) is 0 Å². The number of aliphatic carboxylic acids is 1. The number of benzene rings is 2. The lowest BCUT2D eigenvalue weighted by Crippen LogP contribution is -2.24. The summed E-state index contributed by atoms with van der Waals surface area (Å²) in [5.74, 6) is -2.39. The van der Waals surface area contributed by atoms with Crippen molar-refractivity contribution < 1.29 is 32.2 Å². The molecule has 2 aromatic rings. The molecule has 0 aliphatic carbocycles. The highest BCUT2D eigenvalue weighted by molar-refractivity contribution is 5.68. The Labute approximate surface area is 160 Å². The summed E-state index contributed by atoms with van der Waals surface area (Å²) in [7, 11) is 0. The molecule has 28 heavy (non-hydrogen) atoms. The number of carboxylic acids is 1. The standard InChI is InChI=1S/C20H21F4NO3/c1-12-3-5-15(7-13(12)2)17(9-19(26)27)25-10-14-4-6-18(16(21)8-14)28-11-20(22,23)24/h3-8,17,25H,9-11H2,1-2H3,(H,26,27). The SMILES string of the molecule is Cc1ccc(C(CC(=O)O)NCc2ccc(OCC(F)(F)F)c(F)c2)cc1C. The summed E-state index contributed by atoms with van der Waals surface area (Å²) in [6.07, 6.45) is -4.72. The summed E-state index contributed by atoms with van der Waals surface area (Å²) in [5, 5.41) is 12.2. The Kier molecular flexibility index (Phi) is 7.01. The fourth-order valence-electron chi connectivity index (χ4n) is 2.64. The van der Waals surface area contributed by atoms with Gasteiger partial charge in [-0.25, -0.2) is 4.39 Å². The molecule has 0 saturated heterocycles. The Morgan fingerprint density at radius 2 is 1.86 bits per heavy atom. The van der Waals surface area contributed by atoms with Gasteiger partial charge in [-0.2, -0.15) is 13.2 Å². The van der Waals surface area contributed by atoms with Crippen molar-refractivity contribution in [1.82, 2.24) is 5.32 Å². The Hall–Kier alpha value is -2.61. The third kappa shape index (κ3) is 6.53. The summed E-state index contributed by atoms with van der Waals surface area (Å²) < 4.78 is 54.9. The molecule has 0 aromatic heterocycles. The summed E-state index contributed by atoms with van der Waals surface area (Å²) in [5.41, 5.74) is 3.34. The van der Waals surface area contributed by atoms with Gasteiger partial charge in [0.15, 0.2) is 18.2 Å². The normalized spacial score (nSPS) is 12.6. The van der Waals surface area contributed by atoms with Crippen molar-refractivity contribution in [2.75, 3.05) is 6.61 Å². The highest BCUT2D eigenvalue weighted by Gasteiger charge is 2.29. The molecule has 0 radical (unpaired) electrons. The second-order valence-electron chi connectivity index (χ2n) is 6.54. The van der Waals surface area contributed by atoms with E-state index >= 15 is 0 Å². The number of ether oxygens (including phenoxy) is 1. The quantitative estimate of drug-likeness (QED) is 0.633. The number of alkyl halides is 3. The first-order chi connectivity index (χ1) is 13.0. The van der Waals surface area contributed by atoms with Crippen LogP contribution in [0.15, 0.2) is 36.4 Å². The maximum Gasteiger partial charge on any atom is 0.422 e. The molecule has 0 fully saturated rings. The minimum absolute atomic E-state index is 0.140. The highest BCUT2D eigenvalue weighted by Crippen LogP contribution is 2.24. The van der Waals surface area contributed by atoms with Crippen LogP contribution in [-0.2, 0) is 11.3 Å². The number of carbonyl (C=O) groups is 1. The fourth-order valence-corrected chi connectivity index (χ4v) is 2.64. The van der Waals surface area contributed by atoms with Crippen molar-refractivity contribution in [3.63, 3.8) is 0 Å². The van der Waals surface area contributed by atoms with Gasteiger partial charge in [-0.15, -0.1) is 0 Å². The van der Waals surface area contributed by atoms with Crippen LogP contribution >= 0.6 is 0 Å². The molecule has 0 bridgehead atoms. The zero-order valence-corrected chi connectivity index (χ0v) is 15.4. The predicted octanol–water partition coefficient (Wildman–Crippen LogP) is 4.69. The lowest BCUT2D eigenvalue weighted by molar-refractivity contribution is -0.153. The van der Waals surface area contributed by atoms with E-state index in [1.54, 1.807) is 0 Å². The maximum atomic E-state index is 14.0. The van der Waals surface area contributed by atoms with Gasteiger partial charge in [-0.05, 0) is 48.2 Å². The Balaban J connectivity index is 2.08. The Morgan fingerprint density at radius 3 is 2.43 bits per heavy atom.